The summed E-state index contributed by atoms with van der Waals surface area (Å²) in [5.41, 5.74) is 4.98. The highest BCUT2D eigenvalue weighted by molar-refractivity contribution is 5.84. The largest absolute Gasteiger partial charge is 0.484 e. The summed E-state index contributed by atoms with van der Waals surface area (Å²) < 4.78 is 5.41. The molecule has 0 bridgehead atoms. The predicted octanol–water partition coefficient (Wildman–Crippen LogP) is 1.21. The fourth-order valence-electron chi connectivity index (χ4n) is 1.78. The number of rotatable bonds is 6. The second kappa shape index (κ2) is 6.56. The van der Waals surface area contributed by atoms with Gasteiger partial charge < -0.3 is 15.8 Å². The highest BCUT2D eigenvalue weighted by atomic mass is 16.5. The van der Waals surface area contributed by atoms with Crippen LogP contribution in [0.25, 0.3) is 10.8 Å². The molecule has 0 saturated carbocycles. The molecule has 0 heterocycles. The molecule has 0 radical (unpaired) electrons. The minimum atomic E-state index is -0.444. The number of benzene rings is 2. The van der Waals surface area contributed by atoms with Crippen LogP contribution >= 0.6 is 0 Å². The Labute approximate surface area is 116 Å². The highest BCUT2D eigenvalue weighted by Crippen LogP contribution is 2.20. The Morgan fingerprint density at radius 2 is 1.85 bits per heavy atom. The lowest BCUT2D eigenvalue weighted by Crippen LogP contribution is -2.31. The summed E-state index contributed by atoms with van der Waals surface area (Å²) in [7, 11) is 0. The van der Waals surface area contributed by atoms with Gasteiger partial charge in [0.05, 0.1) is 0 Å². The maximum Gasteiger partial charge on any atom is 0.257 e. The molecule has 2 amide bonds. The number of hydrogen-bond acceptors (Lipinski definition) is 3. The first kappa shape index (κ1) is 13.9. The van der Waals surface area contributed by atoms with E-state index in [4.69, 9.17) is 10.5 Å². The first-order chi connectivity index (χ1) is 9.65. The number of hydrogen-bond donors (Lipinski definition) is 2. The van der Waals surface area contributed by atoms with Gasteiger partial charge in [-0.2, -0.15) is 0 Å². The molecule has 20 heavy (non-hydrogen) atoms. The summed E-state index contributed by atoms with van der Waals surface area (Å²) in [6, 6.07) is 13.5. The molecule has 0 unspecified atom stereocenters. The van der Waals surface area contributed by atoms with E-state index in [0.717, 1.165) is 10.8 Å². The average Bonchev–Trinajstić information content (AvgIpc) is 2.44. The van der Waals surface area contributed by atoms with Gasteiger partial charge in [-0.15, -0.1) is 0 Å². The third-order valence-electron chi connectivity index (χ3n) is 2.78. The van der Waals surface area contributed by atoms with Crippen molar-refractivity contribution >= 4 is 22.6 Å². The molecule has 0 aliphatic carbocycles. The molecule has 0 atom stereocenters. The lowest BCUT2D eigenvalue weighted by molar-refractivity contribution is -0.123. The SMILES string of the molecule is NC(=O)CCNC(=O)COc1ccc2ccccc2c1. The summed E-state index contributed by atoms with van der Waals surface area (Å²) in [5.74, 6) is -0.0890. The van der Waals surface area contributed by atoms with E-state index in [1.54, 1.807) is 0 Å². The molecule has 0 aromatic heterocycles. The zero-order valence-electron chi connectivity index (χ0n) is 11.0. The van der Waals surface area contributed by atoms with Crippen molar-refractivity contribution in [3.63, 3.8) is 0 Å². The van der Waals surface area contributed by atoms with Gasteiger partial charge in [-0.05, 0) is 22.9 Å². The van der Waals surface area contributed by atoms with Crippen molar-refractivity contribution < 1.29 is 14.3 Å². The van der Waals surface area contributed by atoms with Crippen LogP contribution in [-0.2, 0) is 9.59 Å². The first-order valence-corrected chi connectivity index (χ1v) is 6.32. The Bertz CT molecular complexity index is 625. The second-order valence-corrected chi connectivity index (χ2v) is 4.36. The summed E-state index contributed by atoms with van der Waals surface area (Å²) in [6.07, 6.45) is 0.127. The fourth-order valence-corrected chi connectivity index (χ4v) is 1.78. The van der Waals surface area contributed by atoms with E-state index in [1.807, 2.05) is 42.5 Å². The van der Waals surface area contributed by atoms with E-state index < -0.39 is 5.91 Å². The Morgan fingerprint density at radius 3 is 2.60 bits per heavy atom. The van der Waals surface area contributed by atoms with Crippen LogP contribution in [0.5, 0.6) is 5.75 Å². The van der Waals surface area contributed by atoms with Crippen molar-refractivity contribution in [2.75, 3.05) is 13.2 Å². The maximum absolute atomic E-state index is 11.5. The maximum atomic E-state index is 11.5. The van der Waals surface area contributed by atoms with E-state index in [-0.39, 0.29) is 25.5 Å². The van der Waals surface area contributed by atoms with E-state index in [9.17, 15) is 9.59 Å². The molecule has 2 aromatic carbocycles. The highest BCUT2D eigenvalue weighted by Gasteiger charge is 2.04. The number of carbonyl (C=O) groups is 2. The number of amides is 2. The van der Waals surface area contributed by atoms with Crippen LogP contribution in [0.4, 0.5) is 0 Å². The normalized spacial score (nSPS) is 10.2. The first-order valence-electron chi connectivity index (χ1n) is 6.32. The van der Waals surface area contributed by atoms with Crippen LogP contribution in [0.3, 0.4) is 0 Å². The van der Waals surface area contributed by atoms with Crippen molar-refractivity contribution in [1.82, 2.24) is 5.32 Å². The Balaban J connectivity index is 1.86. The lowest BCUT2D eigenvalue weighted by Gasteiger charge is -2.07. The summed E-state index contributed by atoms with van der Waals surface area (Å²) in [6.45, 7) is 0.145. The Kier molecular flexibility index (Phi) is 4.55. The molecule has 0 aliphatic rings. The Hall–Kier alpha value is -2.56. The third kappa shape index (κ3) is 3.98. The van der Waals surface area contributed by atoms with Crippen molar-refractivity contribution in [3.05, 3.63) is 42.5 Å². The van der Waals surface area contributed by atoms with Gasteiger partial charge in [-0.25, -0.2) is 0 Å². The standard InChI is InChI=1S/C15H16N2O3/c16-14(18)7-8-17-15(19)10-20-13-6-5-11-3-1-2-4-12(11)9-13/h1-6,9H,7-8,10H2,(H2,16,18)(H,17,19). The van der Waals surface area contributed by atoms with Crippen molar-refractivity contribution in [2.45, 2.75) is 6.42 Å². The molecule has 0 fully saturated rings. The Morgan fingerprint density at radius 1 is 1.10 bits per heavy atom. The molecule has 5 nitrogen and oxygen atoms in total. The fraction of sp³-hybridized carbons (Fsp3) is 0.200. The van der Waals surface area contributed by atoms with Gasteiger partial charge in [0.25, 0.3) is 5.91 Å². The minimum absolute atomic E-state index is 0.0862. The summed E-state index contributed by atoms with van der Waals surface area (Å²) in [5, 5.41) is 4.73. The number of primary amides is 1. The van der Waals surface area contributed by atoms with E-state index in [0.29, 0.717) is 5.75 Å². The number of fused-ring (bicyclic) bond motifs is 1. The molecule has 2 rings (SSSR count). The average molecular weight is 272 g/mol. The molecule has 5 heteroatoms. The number of carbonyl (C=O) groups excluding carboxylic acids is 2. The minimum Gasteiger partial charge on any atom is -0.484 e. The van der Waals surface area contributed by atoms with Crippen LogP contribution in [0.15, 0.2) is 42.5 Å². The molecule has 3 N–H and O–H groups in total. The predicted molar refractivity (Wildman–Crippen MR) is 76.3 cm³/mol. The van der Waals surface area contributed by atoms with Gasteiger partial charge in [0.2, 0.25) is 5.91 Å². The quantitative estimate of drug-likeness (QED) is 0.829. The van der Waals surface area contributed by atoms with E-state index in [1.165, 1.54) is 0 Å². The zero-order valence-corrected chi connectivity index (χ0v) is 11.0. The summed E-state index contributed by atoms with van der Waals surface area (Å²) >= 11 is 0. The van der Waals surface area contributed by atoms with E-state index >= 15 is 0 Å². The van der Waals surface area contributed by atoms with Gasteiger partial charge in [0.15, 0.2) is 6.61 Å². The molecule has 0 aliphatic heterocycles. The lowest BCUT2D eigenvalue weighted by atomic mass is 10.1. The topological polar surface area (TPSA) is 81.4 Å². The summed E-state index contributed by atoms with van der Waals surface area (Å²) in [4.78, 5) is 22.0. The van der Waals surface area contributed by atoms with Crippen molar-refractivity contribution in [3.8, 4) is 5.75 Å². The molecule has 0 saturated heterocycles. The van der Waals surface area contributed by atoms with Crippen LogP contribution in [0.2, 0.25) is 0 Å². The van der Waals surface area contributed by atoms with Gasteiger partial charge in [0, 0.05) is 13.0 Å². The van der Waals surface area contributed by atoms with Gasteiger partial charge in [-0.1, -0.05) is 30.3 Å². The van der Waals surface area contributed by atoms with Gasteiger partial charge in [0.1, 0.15) is 5.75 Å². The number of ether oxygens (including phenoxy) is 1. The van der Waals surface area contributed by atoms with Gasteiger partial charge in [-0.3, -0.25) is 9.59 Å². The smallest absolute Gasteiger partial charge is 0.257 e. The molecule has 2 aromatic rings. The zero-order chi connectivity index (χ0) is 14.4. The second-order valence-electron chi connectivity index (χ2n) is 4.36. The van der Waals surface area contributed by atoms with Crippen molar-refractivity contribution in [1.29, 1.82) is 0 Å². The number of nitrogens with one attached hydrogen (secondary N) is 1. The molecular weight excluding hydrogens is 256 g/mol. The molecule has 104 valence electrons. The molecule has 0 spiro atoms. The van der Waals surface area contributed by atoms with E-state index in [2.05, 4.69) is 5.32 Å². The van der Waals surface area contributed by atoms with Crippen LogP contribution in [0.1, 0.15) is 6.42 Å². The molecular formula is C15H16N2O3. The number of nitrogens with two attached hydrogens (primary N) is 1. The van der Waals surface area contributed by atoms with Crippen LogP contribution < -0.4 is 15.8 Å². The van der Waals surface area contributed by atoms with Crippen LogP contribution in [-0.4, -0.2) is 25.0 Å². The van der Waals surface area contributed by atoms with Crippen LogP contribution in [0, 0.1) is 0 Å². The third-order valence-corrected chi connectivity index (χ3v) is 2.78. The monoisotopic (exact) mass is 272 g/mol. The van der Waals surface area contributed by atoms with Gasteiger partial charge >= 0.3 is 0 Å². The van der Waals surface area contributed by atoms with Crippen molar-refractivity contribution in [2.24, 2.45) is 5.73 Å².